The minimum absolute atomic E-state index is 0.486. The fourth-order valence-corrected chi connectivity index (χ4v) is 2.57. The Morgan fingerprint density at radius 1 is 0.885 bits per heavy atom. The first kappa shape index (κ1) is 16.1. The van der Waals surface area contributed by atoms with Gasteiger partial charge in [-0.15, -0.1) is 0 Å². The number of imidazole rings is 1. The number of aromatic amines is 1. The molecule has 26 heavy (non-hydrogen) atoms. The molecule has 4 rings (SSSR count). The largest absolute Gasteiger partial charge is 0.416 e. The Morgan fingerprint density at radius 2 is 1.69 bits per heavy atom. The molecule has 0 aliphatic carbocycles. The second-order valence-corrected chi connectivity index (χ2v) is 5.62. The molecular weight excluding hydrogens is 343 g/mol. The molecule has 0 unspecified atom stereocenters. The lowest BCUT2D eigenvalue weighted by Crippen LogP contribution is -2.04. The van der Waals surface area contributed by atoms with Crippen molar-refractivity contribution in [3.8, 4) is 11.3 Å². The third kappa shape index (κ3) is 3.21. The Labute approximate surface area is 146 Å². The van der Waals surface area contributed by atoms with Crippen LogP contribution in [0.25, 0.3) is 22.3 Å². The van der Waals surface area contributed by atoms with Gasteiger partial charge in [0.15, 0.2) is 0 Å². The molecule has 0 aliphatic heterocycles. The fourth-order valence-electron chi connectivity index (χ4n) is 2.57. The molecule has 0 aliphatic rings. The van der Waals surface area contributed by atoms with Crippen LogP contribution in [0.1, 0.15) is 5.56 Å². The van der Waals surface area contributed by atoms with E-state index >= 15 is 0 Å². The van der Waals surface area contributed by atoms with E-state index in [1.54, 1.807) is 12.4 Å². The zero-order chi connectivity index (χ0) is 18.1. The highest BCUT2D eigenvalue weighted by atomic mass is 19.4. The summed E-state index contributed by atoms with van der Waals surface area (Å²) in [6, 6.07) is 12.2. The molecule has 0 bridgehead atoms. The van der Waals surface area contributed by atoms with Crippen molar-refractivity contribution in [3.05, 3.63) is 66.7 Å². The zero-order valence-corrected chi connectivity index (χ0v) is 13.2. The van der Waals surface area contributed by atoms with Gasteiger partial charge < -0.3 is 10.3 Å². The van der Waals surface area contributed by atoms with E-state index < -0.39 is 11.7 Å². The van der Waals surface area contributed by atoms with Crippen LogP contribution in [0.4, 0.5) is 24.7 Å². The lowest BCUT2D eigenvalue weighted by Gasteiger charge is -2.09. The van der Waals surface area contributed by atoms with Gasteiger partial charge in [-0.05, 0) is 36.4 Å². The van der Waals surface area contributed by atoms with Gasteiger partial charge in [0.25, 0.3) is 0 Å². The van der Waals surface area contributed by atoms with Crippen LogP contribution in [0.2, 0.25) is 0 Å². The number of rotatable bonds is 3. The maximum Gasteiger partial charge on any atom is 0.416 e. The minimum atomic E-state index is -4.36. The number of nitrogens with zero attached hydrogens (tertiary/aromatic N) is 3. The summed E-state index contributed by atoms with van der Waals surface area (Å²) >= 11 is 0. The number of halogens is 3. The van der Waals surface area contributed by atoms with Crippen molar-refractivity contribution in [2.45, 2.75) is 6.18 Å². The second-order valence-electron chi connectivity index (χ2n) is 5.62. The average Bonchev–Trinajstić information content (AvgIpc) is 3.09. The number of H-pyrrole nitrogens is 1. The topological polar surface area (TPSA) is 66.5 Å². The van der Waals surface area contributed by atoms with Crippen molar-refractivity contribution in [3.63, 3.8) is 0 Å². The van der Waals surface area contributed by atoms with Crippen molar-refractivity contribution in [1.82, 2.24) is 19.9 Å². The molecular formula is C18H12F3N5. The van der Waals surface area contributed by atoms with Gasteiger partial charge in [-0.2, -0.15) is 13.2 Å². The summed E-state index contributed by atoms with van der Waals surface area (Å²) in [7, 11) is 0. The molecule has 4 aromatic rings. The molecule has 0 fully saturated rings. The predicted molar refractivity (Wildman–Crippen MR) is 91.8 cm³/mol. The van der Waals surface area contributed by atoms with Crippen LogP contribution in [-0.4, -0.2) is 19.9 Å². The minimum Gasteiger partial charge on any atom is -0.345 e. The van der Waals surface area contributed by atoms with E-state index in [1.807, 2.05) is 18.2 Å². The van der Waals surface area contributed by atoms with Gasteiger partial charge in [0.05, 0.1) is 28.6 Å². The molecule has 0 radical (unpaired) electrons. The normalized spacial score (nSPS) is 11.7. The van der Waals surface area contributed by atoms with Gasteiger partial charge in [0, 0.05) is 17.3 Å². The van der Waals surface area contributed by atoms with E-state index in [4.69, 9.17) is 0 Å². The van der Waals surface area contributed by atoms with Crippen LogP contribution in [0.15, 0.2) is 61.2 Å². The molecule has 8 heteroatoms. The zero-order valence-electron chi connectivity index (χ0n) is 13.2. The van der Waals surface area contributed by atoms with Gasteiger partial charge in [-0.1, -0.05) is 6.07 Å². The van der Waals surface area contributed by atoms with Crippen molar-refractivity contribution >= 4 is 22.5 Å². The van der Waals surface area contributed by atoms with Gasteiger partial charge in [0.2, 0.25) is 0 Å². The lowest BCUT2D eigenvalue weighted by atomic mass is 10.1. The van der Waals surface area contributed by atoms with Crippen LogP contribution in [-0.2, 0) is 6.18 Å². The molecule has 2 N–H and O–H groups in total. The number of nitrogens with one attached hydrogen (secondary N) is 2. The summed E-state index contributed by atoms with van der Waals surface area (Å²) in [5.41, 5.74) is 3.11. The van der Waals surface area contributed by atoms with E-state index in [2.05, 4.69) is 25.3 Å². The quantitative estimate of drug-likeness (QED) is 0.555. The van der Waals surface area contributed by atoms with Crippen LogP contribution >= 0.6 is 0 Å². The van der Waals surface area contributed by atoms with Crippen LogP contribution < -0.4 is 5.32 Å². The average molecular weight is 355 g/mol. The summed E-state index contributed by atoms with van der Waals surface area (Å²) in [6.45, 7) is 0. The smallest absolute Gasteiger partial charge is 0.345 e. The summed E-state index contributed by atoms with van der Waals surface area (Å²) in [5.74, 6) is 0.486. The summed E-state index contributed by atoms with van der Waals surface area (Å²) in [5, 5.41) is 2.99. The first-order valence-corrected chi connectivity index (χ1v) is 7.69. The Balaban J connectivity index is 1.59. The van der Waals surface area contributed by atoms with Gasteiger partial charge in [0.1, 0.15) is 12.1 Å². The van der Waals surface area contributed by atoms with Crippen molar-refractivity contribution in [2.75, 3.05) is 5.32 Å². The molecule has 0 saturated carbocycles. The van der Waals surface area contributed by atoms with E-state index in [1.165, 1.54) is 18.5 Å². The Kier molecular flexibility index (Phi) is 3.80. The highest BCUT2D eigenvalue weighted by molar-refractivity contribution is 5.81. The Morgan fingerprint density at radius 3 is 2.46 bits per heavy atom. The summed E-state index contributed by atoms with van der Waals surface area (Å²) < 4.78 is 37.9. The molecule has 0 spiro atoms. The first-order chi connectivity index (χ1) is 12.5. The van der Waals surface area contributed by atoms with E-state index in [9.17, 15) is 13.2 Å². The van der Waals surface area contributed by atoms with Gasteiger partial charge >= 0.3 is 6.18 Å². The highest BCUT2D eigenvalue weighted by Crippen LogP contribution is 2.30. The SMILES string of the molecule is FC(F)(F)c1ccc(Nc2cc(-c3ccc4nc[nH]c4c3)ncn2)cc1. The molecule has 0 saturated heterocycles. The molecule has 0 atom stereocenters. The van der Waals surface area contributed by atoms with Crippen LogP contribution in [0.5, 0.6) is 0 Å². The molecule has 2 heterocycles. The van der Waals surface area contributed by atoms with Gasteiger partial charge in [-0.25, -0.2) is 15.0 Å². The number of anilines is 2. The highest BCUT2D eigenvalue weighted by Gasteiger charge is 2.29. The summed E-state index contributed by atoms with van der Waals surface area (Å²) in [6.07, 6.45) is -1.34. The molecule has 2 aromatic heterocycles. The predicted octanol–water partition coefficient (Wildman–Crippen LogP) is 4.78. The molecule has 2 aromatic carbocycles. The number of hydrogen-bond acceptors (Lipinski definition) is 4. The molecule has 0 amide bonds. The van der Waals surface area contributed by atoms with Crippen LogP contribution in [0, 0.1) is 0 Å². The van der Waals surface area contributed by atoms with Crippen molar-refractivity contribution < 1.29 is 13.2 Å². The Bertz CT molecular complexity index is 1050. The Hall–Kier alpha value is -3.42. The van der Waals surface area contributed by atoms with Crippen LogP contribution in [0.3, 0.4) is 0 Å². The maximum absolute atomic E-state index is 12.6. The number of fused-ring (bicyclic) bond motifs is 1. The third-order valence-corrected chi connectivity index (χ3v) is 3.87. The van der Waals surface area contributed by atoms with E-state index in [-0.39, 0.29) is 0 Å². The number of alkyl halides is 3. The number of aromatic nitrogens is 4. The van der Waals surface area contributed by atoms with Crippen molar-refractivity contribution in [2.24, 2.45) is 0 Å². The third-order valence-electron chi connectivity index (χ3n) is 3.87. The summed E-state index contributed by atoms with van der Waals surface area (Å²) in [4.78, 5) is 15.6. The molecule has 130 valence electrons. The van der Waals surface area contributed by atoms with E-state index in [0.717, 1.165) is 28.7 Å². The fraction of sp³-hybridized carbons (Fsp3) is 0.0556. The lowest BCUT2D eigenvalue weighted by molar-refractivity contribution is -0.137. The molecule has 5 nitrogen and oxygen atoms in total. The number of hydrogen-bond donors (Lipinski definition) is 2. The number of benzene rings is 2. The monoisotopic (exact) mass is 355 g/mol. The maximum atomic E-state index is 12.6. The second kappa shape index (κ2) is 6.14. The van der Waals surface area contributed by atoms with E-state index in [0.29, 0.717) is 17.2 Å². The van der Waals surface area contributed by atoms with Gasteiger partial charge in [-0.3, -0.25) is 0 Å². The first-order valence-electron chi connectivity index (χ1n) is 7.69. The standard InChI is InChI=1S/C18H12F3N5/c19-18(20,21)12-2-4-13(5-3-12)26-17-8-15(23-10-25-17)11-1-6-14-16(7-11)24-9-22-14/h1-10H,(H,22,24)(H,23,25,26). The van der Waals surface area contributed by atoms with Crippen molar-refractivity contribution in [1.29, 1.82) is 0 Å².